The van der Waals surface area contributed by atoms with E-state index in [-0.39, 0.29) is 35.3 Å². The standard InChI is InChI=1S/C52H35NO/c1-3-11-36(12-4-1)38-25-30-43(31-26-38)53(44-32-27-39(28-33-44)37-13-5-2-6-14-37)50-19-10-17-46-45(16-9-18-47(46)50)41-23-21-40(22-24-41)42-29-34-52-49(35-42)48-15-7-8-20-51(48)54-52/h1-35H/i1D,2D,3D,4D,5D,6D,11D,12D,13D,14D. The molecule has 10 aromatic rings. The molecule has 54 heavy (non-hydrogen) atoms. The van der Waals surface area contributed by atoms with E-state index in [4.69, 9.17) is 18.1 Å². The minimum absolute atomic E-state index is 0.100. The largest absolute Gasteiger partial charge is 0.456 e. The number of nitrogens with zero attached hydrogens (tertiary/aromatic N) is 1. The second-order valence-corrected chi connectivity index (χ2v) is 13.0. The molecule has 0 saturated heterocycles. The molecule has 1 heterocycles. The predicted octanol–water partition coefficient (Wildman–Crippen LogP) is 14.9. The van der Waals surface area contributed by atoms with E-state index in [1.807, 2.05) is 71.6 Å². The Kier molecular flexibility index (Phi) is 5.65. The molecular formula is C52H35NO. The summed E-state index contributed by atoms with van der Waals surface area (Å²) in [5.74, 6) is 0. The van der Waals surface area contributed by atoms with Gasteiger partial charge < -0.3 is 9.32 Å². The Hall–Kier alpha value is -7.16. The zero-order chi connectivity index (χ0) is 44.6. The summed E-state index contributed by atoms with van der Waals surface area (Å²) in [6.45, 7) is 0. The Morgan fingerprint density at radius 2 is 0.852 bits per heavy atom. The lowest BCUT2D eigenvalue weighted by molar-refractivity contribution is 0.669. The van der Waals surface area contributed by atoms with E-state index in [0.717, 1.165) is 60.7 Å². The normalized spacial score (nSPS) is 13.9. The molecule has 0 fully saturated rings. The topological polar surface area (TPSA) is 16.4 Å². The molecule has 1 aromatic heterocycles. The lowest BCUT2D eigenvalue weighted by Gasteiger charge is -2.27. The first-order valence-corrected chi connectivity index (χ1v) is 17.6. The van der Waals surface area contributed by atoms with Gasteiger partial charge in [-0.15, -0.1) is 0 Å². The fourth-order valence-corrected chi connectivity index (χ4v) is 7.26. The molecule has 0 aliphatic carbocycles. The van der Waals surface area contributed by atoms with E-state index in [9.17, 15) is 0 Å². The fraction of sp³-hybridized carbons (Fsp3) is 0. The van der Waals surface area contributed by atoms with Crippen molar-refractivity contribution in [1.82, 2.24) is 0 Å². The highest BCUT2D eigenvalue weighted by molar-refractivity contribution is 6.07. The molecule has 0 N–H and O–H groups in total. The molecule has 0 bridgehead atoms. The SMILES string of the molecule is [2H]c1c([2H])c([2H])c(-c2ccc(N(c3ccc(-c4c([2H])c([2H])c([2H])c([2H])c4[2H])cc3)c3cccc4c(-c5ccc(-c6ccc7oc8ccccc8c7c6)cc5)cccc34)cc2)c([2H])c1[2H]. The monoisotopic (exact) mass is 699 g/mol. The highest BCUT2D eigenvalue weighted by Crippen LogP contribution is 2.42. The van der Waals surface area contributed by atoms with Gasteiger partial charge in [0.05, 0.1) is 19.4 Å². The van der Waals surface area contributed by atoms with Crippen molar-refractivity contribution < 1.29 is 18.1 Å². The molecule has 10 rings (SSSR count). The highest BCUT2D eigenvalue weighted by atomic mass is 16.3. The van der Waals surface area contributed by atoms with Crippen LogP contribution in [0.4, 0.5) is 17.1 Å². The van der Waals surface area contributed by atoms with Gasteiger partial charge in [0.1, 0.15) is 11.2 Å². The molecule has 2 heteroatoms. The minimum atomic E-state index is -0.457. The number of para-hydroxylation sites is 1. The molecule has 0 spiro atoms. The lowest BCUT2D eigenvalue weighted by atomic mass is 9.94. The second kappa shape index (κ2) is 13.4. The molecule has 254 valence electrons. The molecule has 9 aromatic carbocycles. The van der Waals surface area contributed by atoms with Crippen molar-refractivity contribution in [3.05, 3.63) is 212 Å². The zero-order valence-electron chi connectivity index (χ0n) is 38.8. The van der Waals surface area contributed by atoms with E-state index in [1.165, 1.54) is 0 Å². The van der Waals surface area contributed by atoms with Gasteiger partial charge in [0.25, 0.3) is 0 Å². The quantitative estimate of drug-likeness (QED) is 0.165. The number of rotatable bonds is 7. The summed E-state index contributed by atoms with van der Waals surface area (Å²) in [7, 11) is 0. The summed E-state index contributed by atoms with van der Waals surface area (Å²) in [5, 5.41) is 4.07. The van der Waals surface area contributed by atoms with Crippen LogP contribution in [-0.4, -0.2) is 0 Å². The van der Waals surface area contributed by atoms with Crippen LogP contribution in [0.25, 0.3) is 77.2 Å². The first-order valence-electron chi connectivity index (χ1n) is 22.6. The van der Waals surface area contributed by atoms with E-state index >= 15 is 0 Å². The number of furan rings is 1. The number of hydrogen-bond acceptors (Lipinski definition) is 2. The third-order valence-electron chi connectivity index (χ3n) is 9.87. The van der Waals surface area contributed by atoms with Crippen molar-refractivity contribution >= 4 is 49.8 Å². The Bertz CT molecular complexity index is 3320. The molecule has 0 amide bonds. The number of fused-ring (bicyclic) bond motifs is 4. The van der Waals surface area contributed by atoms with Crippen molar-refractivity contribution in [3.8, 4) is 44.5 Å². The van der Waals surface area contributed by atoms with E-state index in [0.29, 0.717) is 22.5 Å². The Morgan fingerprint density at radius 1 is 0.352 bits per heavy atom. The predicted molar refractivity (Wildman–Crippen MR) is 228 cm³/mol. The van der Waals surface area contributed by atoms with Gasteiger partial charge in [0, 0.05) is 27.5 Å². The first kappa shape index (κ1) is 22.7. The van der Waals surface area contributed by atoms with Crippen LogP contribution in [0.5, 0.6) is 0 Å². The van der Waals surface area contributed by atoms with Crippen LogP contribution in [0.15, 0.2) is 217 Å². The minimum Gasteiger partial charge on any atom is -0.456 e. The zero-order valence-corrected chi connectivity index (χ0v) is 28.8. The summed E-state index contributed by atoms with van der Waals surface area (Å²) in [4.78, 5) is 2.04. The molecule has 2 nitrogen and oxygen atoms in total. The molecule has 0 aliphatic rings. The van der Waals surface area contributed by atoms with Gasteiger partial charge in [-0.1, -0.05) is 164 Å². The molecule has 0 radical (unpaired) electrons. The van der Waals surface area contributed by atoms with Gasteiger partial charge in [-0.2, -0.15) is 0 Å². The van der Waals surface area contributed by atoms with Gasteiger partial charge in [-0.25, -0.2) is 0 Å². The molecule has 0 aliphatic heterocycles. The summed E-state index contributed by atoms with van der Waals surface area (Å²) in [5.41, 5.74) is 9.25. The van der Waals surface area contributed by atoms with Gasteiger partial charge in [0.2, 0.25) is 0 Å². The van der Waals surface area contributed by atoms with Crippen molar-refractivity contribution in [2.45, 2.75) is 0 Å². The summed E-state index contributed by atoms with van der Waals surface area (Å²) in [6, 6.07) is 45.7. The van der Waals surface area contributed by atoms with Crippen LogP contribution in [0.2, 0.25) is 0 Å². The second-order valence-electron chi connectivity index (χ2n) is 13.0. The van der Waals surface area contributed by atoms with Crippen molar-refractivity contribution in [2.24, 2.45) is 0 Å². The highest BCUT2D eigenvalue weighted by Gasteiger charge is 2.18. The Balaban J connectivity index is 1.08. The molecule has 0 atom stereocenters. The number of benzene rings is 9. The van der Waals surface area contributed by atoms with Gasteiger partial charge in [-0.3, -0.25) is 0 Å². The maximum Gasteiger partial charge on any atom is 0.135 e. The third kappa shape index (κ3) is 5.71. The summed E-state index contributed by atoms with van der Waals surface area (Å²) < 4.78 is 89.5. The van der Waals surface area contributed by atoms with Crippen molar-refractivity contribution in [3.63, 3.8) is 0 Å². The van der Waals surface area contributed by atoms with Gasteiger partial charge in [0.15, 0.2) is 0 Å². The maximum absolute atomic E-state index is 8.58. The van der Waals surface area contributed by atoms with E-state index in [1.54, 1.807) is 24.3 Å². The van der Waals surface area contributed by atoms with Crippen LogP contribution in [0.3, 0.4) is 0 Å². The Morgan fingerprint density at radius 3 is 1.52 bits per heavy atom. The van der Waals surface area contributed by atoms with Crippen LogP contribution in [0.1, 0.15) is 13.7 Å². The van der Waals surface area contributed by atoms with Crippen molar-refractivity contribution in [2.75, 3.05) is 4.90 Å². The van der Waals surface area contributed by atoms with Crippen LogP contribution in [-0.2, 0) is 0 Å². The molecular weight excluding hydrogens is 655 g/mol. The molecule has 0 saturated carbocycles. The lowest BCUT2D eigenvalue weighted by Crippen LogP contribution is -2.10. The van der Waals surface area contributed by atoms with Crippen LogP contribution < -0.4 is 4.90 Å². The maximum atomic E-state index is 8.58. The van der Waals surface area contributed by atoms with E-state index < -0.39 is 36.3 Å². The van der Waals surface area contributed by atoms with E-state index in [2.05, 4.69) is 60.7 Å². The van der Waals surface area contributed by atoms with Gasteiger partial charge >= 0.3 is 0 Å². The average Bonchev–Trinajstić information content (AvgIpc) is 3.70. The summed E-state index contributed by atoms with van der Waals surface area (Å²) in [6.07, 6.45) is 0. The third-order valence-corrected chi connectivity index (χ3v) is 9.87. The number of anilines is 3. The van der Waals surface area contributed by atoms with Crippen LogP contribution >= 0.6 is 0 Å². The van der Waals surface area contributed by atoms with Gasteiger partial charge in [-0.05, 0) is 98.4 Å². The van der Waals surface area contributed by atoms with Crippen LogP contribution in [0, 0.1) is 0 Å². The van der Waals surface area contributed by atoms with Crippen molar-refractivity contribution in [1.29, 1.82) is 0 Å². The smallest absolute Gasteiger partial charge is 0.135 e. The first-order chi connectivity index (χ1) is 30.9. The fourth-order valence-electron chi connectivity index (χ4n) is 7.26. The average molecular weight is 700 g/mol. The Labute approximate surface area is 328 Å². The summed E-state index contributed by atoms with van der Waals surface area (Å²) >= 11 is 0. The number of hydrogen-bond donors (Lipinski definition) is 0. The molecule has 0 unspecified atom stereocenters.